The van der Waals surface area contributed by atoms with E-state index in [1.807, 2.05) is 19.9 Å². The van der Waals surface area contributed by atoms with Crippen molar-refractivity contribution in [3.05, 3.63) is 77.1 Å². The number of benzene rings is 2. The molecule has 0 aliphatic heterocycles. The summed E-state index contributed by atoms with van der Waals surface area (Å²) in [7, 11) is 1.55. The van der Waals surface area contributed by atoms with Crippen LogP contribution < -0.4 is 16.0 Å². The first-order valence-corrected chi connectivity index (χ1v) is 9.99. The lowest BCUT2D eigenvalue weighted by atomic mass is 10.0. The zero-order chi connectivity index (χ0) is 21.8. The van der Waals surface area contributed by atoms with Gasteiger partial charge in [-0.2, -0.15) is 0 Å². The number of hydrogen-bond donors (Lipinski definition) is 3. The van der Waals surface area contributed by atoms with Crippen LogP contribution in [0.1, 0.15) is 47.1 Å². The molecule has 0 saturated heterocycles. The molecule has 3 aromatic rings. The van der Waals surface area contributed by atoms with Gasteiger partial charge in [-0.3, -0.25) is 4.79 Å². The van der Waals surface area contributed by atoms with Crippen molar-refractivity contribution < 1.29 is 9.59 Å². The highest BCUT2D eigenvalue weighted by molar-refractivity contribution is 6.05. The highest BCUT2D eigenvalue weighted by Gasteiger charge is 2.17. The number of urea groups is 1. The van der Waals surface area contributed by atoms with Gasteiger partial charge in [0.1, 0.15) is 0 Å². The van der Waals surface area contributed by atoms with Gasteiger partial charge in [-0.25, -0.2) is 4.79 Å². The molecule has 0 aliphatic rings. The third-order valence-electron chi connectivity index (χ3n) is 5.10. The summed E-state index contributed by atoms with van der Waals surface area (Å²) in [4.78, 5) is 24.4. The van der Waals surface area contributed by atoms with Gasteiger partial charge in [-0.05, 0) is 61.7 Å². The minimum atomic E-state index is -0.314. The third kappa shape index (κ3) is 4.54. The Hall–Kier alpha value is -3.54. The van der Waals surface area contributed by atoms with E-state index < -0.39 is 0 Å². The fraction of sp³-hybridized carbons (Fsp3) is 0.250. The van der Waals surface area contributed by atoms with Crippen LogP contribution in [0.15, 0.2) is 54.6 Å². The maximum atomic E-state index is 12.9. The summed E-state index contributed by atoms with van der Waals surface area (Å²) >= 11 is 0. The van der Waals surface area contributed by atoms with Gasteiger partial charge < -0.3 is 20.5 Å². The summed E-state index contributed by atoms with van der Waals surface area (Å²) in [6.07, 6.45) is 0. The Morgan fingerprint density at radius 2 is 1.53 bits per heavy atom. The van der Waals surface area contributed by atoms with Crippen molar-refractivity contribution >= 4 is 23.3 Å². The molecule has 0 aliphatic carbocycles. The van der Waals surface area contributed by atoms with Gasteiger partial charge in [0.05, 0.1) is 5.56 Å². The minimum Gasteiger partial charge on any atom is -0.341 e. The van der Waals surface area contributed by atoms with Crippen LogP contribution in [-0.2, 0) is 0 Å². The summed E-state index contributed by atoms with van der Waals surface area (Å²) in [5, 5.41) is 8.12. The number of aromatic nitrogens is 1. The lowest BCUT2D eigenvalue weighted by Gasteiger charge is -2.12. The molecule has 3 N–H and O–H groups in total. The molecule has 0 unspecified atom stereocenters. The fourth-order valence-electron chi connectivity index (χ4n) is 3.47. The predicted octanol–water partition coefficient (Wildman–Crippen LogP) is 5.22. The van der Waals surface area contributed by atoms with Crippen LogP contribution in [-0.4, -0.2) is 23.6 Å². The SMILES string of the molecule is CNC(=O)Nc1cccc(NC(=O)c2cc(C)n(-c3ccc(C(C)C)cc3)c2C)c1. The van der Waals surface area contributed by atoms with Crippen LogP contribution in [0.3, 0.4) is 0 Å². The van der Waals surface area contributed by atoms with E-state index in [2.05, 4.69) is 58.6 Å². The number of carbonyl (C=O) groups excluding carboxylic acids is 2. The summed E-state index contributed by atoms with van der Waals surface area (Å²) in [5.74, 6) is 0.283. The summed E-state index contributed by atoms with van der Waals surface area (Å²) in [6, 6.07) is 17.1. The van der Waals surface area contributed by atoms with E-state index >= 15 is 0 Å². The van der Waals surface area contributed by atoms with Gasteiger partial charge in [0, 0.05) is 35.5 Å². The van der Waals surface area contributed by atoms with Gasteiger partial charge in [0.15, 0.2) is 0 Å². The molecule has 0 radical (unpaired) electrons. The molecule has 1 aromatic heterocycles. The molecule has 0 saturated carbocycles. The number of nitrogens with zero attached hydrogens (tertiary/aromatic N) is 1. The van der Waals surface area contributed by atoms with Crippen molar-refractivity contribution in [2.75, 3.05) is 17.7 Å². The standard InChI is InChI=1S/C24H28N4O2/c1-15(2)18-9-11-21(12-10-18)28-16(3)13-22(17(28)4)23(29)26-19-7-6-8-20(14-19)27-24(30)25-5/h6-15H,1-5H3,(H,26,29)(H2,25,27,30). The Bertz CT molecular complexity index is 1070. The Morgan fingerprint density at radius 3 is 2.13 bits per heavy atom. The topological polar surface area (TPSA) is 75.2 Å². The first kappa shape index (κ1) is 21.2. The molecule has 0 spiro atoms. The van der Waals surface area contributed by atoms with Crippen LogP contribution in [0, 0.1) is 13.8 Å². The number of aryl methyl sites for hydroxylation is 1. The molecule has 30 heavy (non-hydrogen) atoms. The van der Waals surface area contributed by atoms with Crippen LogP contribution in [0.2, 0.25) is 0 Å². The van der Waals surface area contributed by atoms with E-state index in [1.165, 1.54) is 5.56 Å². The lowest BCUT2D eigenvalue weighted by Crippen LogP contribution is -2.24. The normalized spacial score (nSPS) is 10.7. The fourth-order valence-corrected chi connectivity index (χ4v) is 3.47. The predicted molar refractivity (Wildman–Crippen MR) is 122 cm³/mol. The second-order valence-corrected chi connectivity index (χ2v) is 7.61. The number of amides is 3. The summed E-state index contributed by atoms with van der Waals surface area (Å²) < 4.78 is 2.09. The number of nitrogens with one attached hydrogen (secondary N) is 3. The minimum absolute atomic E-state index is 0.190. The molecule has 6 nitrogen and oxygen atoms in total. The van der Waals surface area contributed by atoms with E-state index in [9.17, 15) is 9.59 Å². The molecule has 2 aromatic carbocycles. The van der Waals surface area contributed by atoms with Crippen molar-refractivity contribution in [3.8, 4) is 5.69 Å². The molecular weight excluding hydrogens is 376 g/mol. The van der Waals surface area contributed by atoms with Crippen molar-refractivity contribution in [3.63, 3.8) is 0 Å². The average molecular weight is 405 g/mol. The third-order valence-corrected chi connectivity index (χ3v) is 5.10. The van der Waals surface area contributed by atoms with Crippen molar-refractivity contribution in [1.29, 1.82) is 0 Å². The van der Waals surface area contributed by atoms with Crippen molar-refractivity contribution in [1.82, 2.24) is 9.88 Å². The second kappa shape index (κ2) is 8.86. The number of hydrogen-bond acceptors (Lipinski definition) is 2. The average Bonchev–Trinajstić information content (AvgIpc) is 3.02. The molecule has 3 amide bonds. The Balaban J connectivity index is 1.83. The van der Waals surface area contributed by atoms with Crippen molar-refractivity contribution in [2.45, 2.75) is 33.6 Å². The highest BCUT2D eigenvalue weighted by atomic mass is 16.2. The van der Waals surface area contributed by atoms with E-state index in [0.29, 0.717) is 22.9 Å². The molecule has 156 valence electrons. The van der Waals surface area contributed by atoms with Crippen LogP contribution >= 0.6 is 0 Å². The van der Waals surface area contributed by atoms with Crippen LogP contribution in [0.4, 0.5) is 16.2 Å². The highest BCUT2D eigenvalue weighted by Crippen LogP contribution is 2.24. The zero-order valence-corrected chi connectivity index (χ0v) is 18.0. The number of carbonyl (C=O) groups is 2. The van der Waals surface area contributed by atoms with Gasteiger partial charge >= 0.3 is 6.03 Å². The van der Waals surface area contributed by atoms with Crippen LogP contribution in [0.5, 0.6) is 0 Å². The lowest BCUT2D eigenvalue weighted by molar-refractivity contribution is 0.102. The first-order chi connectivity index (χ1) is 14.3. The molecule has 0 bridgehead atoms. The first-order valence-electron chi connectivity index (χ1n) is 9.99. The molecular formula is C24H28N4O2. The summed E-state index contributed by atoms with van der Waals surface area (Å²) in [5.41, 5.74) is 6.01. The second-order valence-electron chi connectivity index (χ2n) is 7.61. The smallest absolute Gasteiger partial charge is 0.318 e. The quantitative estimate of drug-likeness (QED) is 0.545. The maximum Gasteiger partial charge on any atom is 0.318 e. The molecule has 0 atom stereocenters. The summed E-state index contributed by atoms with van der Waals surface area (Å²) in [6.45, 7) is 8.28. The van der Waals surface area contributed by atoms with E-state index in [0.717, 1.165) is 17.1 Å². The monoisotopic (exact) mass is 404 g/mol. The van der Waals surface area contributed by atoms with Gasteiger partial charge in [-0.1, -0.05) is 32.0 Å². The van der Waals surface area contributed by atoms with E-state index in [1.54, 1.807) is 31.3 Å². The Kier molecular flexibility index (Phi) is 6.26. The molecule has 1 heterocycles. The van der Waals surface area contributed by atoms with Crippen molar-refractivity contribution in [2.24, 2.45) is 0 Å². The molecule has 3 rings (SSSR count). The number of anilines is 2. The zero-order valence-electron chi connectivity index (χ0n) is 18.0. The van der Waals surface area contributed by atoms with E-state index in [4.69, 9.17) is 0 Å². The number of rotatable bonds is 5. The maximum absolute atomic E-state index is 12.9. The van der Waals surface area contributed by atoms with Gasteiger partial charge in [-0.15, -0.1) is 0 Å². The Labute approximate surface area is 177 Å². The molecule has 0 fully saturated rings. The molecule has 6 heteroatoms. The van der Waals surface area contributed by atoms with Gasteiger partial charge in [0.2, 0.25) is 0 Å². The van der Waals surface area contributed by atoms with Gasteiger partial charge in [0.25, 0.3) is 5.91 Å². The largest absolute Gasteiger partial charge is 0.341 e. The van der Waals surface area contributed by atoms with Crippen LogP contribution in [0.25, 0.3) is 5.69 Å². The Morgan fingerprint density at radius 1 is 0.900 bits per heavy atom. The van der Waals surface area contributed by atoms with E-state index in [-0.39, 0.29) is 11.9 Å².